The van der Waals surface area contributed by atoms with Crippen LogP contribution in [0.5, 0.6) is 0 Å². The molecule has 11 nitrogen and oxygen atoms in total. The van der Waals surface area contributed by atoms with Crippen LogP contribution in [0.25, 0.3) is 0 Å². The number of amides is 2. The average Bonchev–Trinajstić information content (AvgIpc) is 3.15. The van der Waals surface area contributed by atoms with Gasteiger partial charge < -0.3 is 41.1 Å². The van der Waals surface area contributed by atoms with Crippen molar-refractivity contribution in [2.75, 3.05) is 26.4 Å². The van der Waals surface area contributed by atoms with Crippen molar-refractivity contribution in [1.29, 1.82) is 0 Å². The summed E-state index contributed by atoms with van der Waals surface area (Å²) in [7, 11) is 0. The quantitative estimate of drug-likeness (QED) is 0.174. The third-order valence-corrected chi connectivity index (χ3v) is 6.47. The molecule has 0 aromatic heterocycles. The Morgan fingerprint density at radius 1 is 1.23 bits per heavy atom. The standard InChI is InChI=1S/C18H30I2N2O9/c1-10(24)21-15-17(27)16(26)13(8-23)30-18(15)28-5-3-2-4-14(25)22-7-12(31-20)6-11(22)9-29-19/h11-13,15-18,23,26-27H,2-9H2,1H3,(H,21,24)/t11?,12?,13-,15-,16+,17-,18-/m1/s1. The number of carbonyl (C=O) groups excluding carboxylic acids is 2. The van der Waals surface area contributed by atoms with Gasteiger partial charge in [-0.15, -0.1) is 0 Å². The van der Waals surface area contributed by atoms with E-state index in [1.807, 2.05) is 46.0 Å². The molecule has 0 saturated carbocycles. The molecule has 2 heterocycles. The molecule has 2 aliphatic rings. The van der Waals surface area contributed by atoms with Crippen molar-refractivity contribution < 1.29 is 40.5 Å². The molecule has 2 aliphatic heterocycles. The lowest BCUT2D eigenvalue weighted by Gasteiger charge is -2.42. The van der Waals surface area contributed by atoms with E-state index in [1.54, 1.807) is 4.90 Å². The van der Waals surface area contributed by atoms with Gasteiger partial charge in [0.2, 0.25) is 11.8 Å². The van der Waals surface area contributed by atoms with Crippen LogP contribution in [0.15, 0.2) is 0 Å². The minimum atomic E-state index is -1.35. The molecule has 0 spiro atoms. The summed E-state index contributed by atoms with van der Waals surface area (Å²) < 4.78 is 21.7. The van der Waals surface area contributed by atoms with E-state index < -0.39 is 43.2 Å². The van der Waals surface area contributed by atoms with Crippen LogP contribution in [-0.2, 0) is 25.2 Å². The topological polar surface area (TPSA) is 147 Å². The zero-order valence-electron chi connectivity index (χ0n) is 17.2. The number of hydrogen-bond donors (Lipinski definition) is 4. The molecule has 2 fully saturated rings. The molecule has 2 rings (SSSR count). The fraction of sp³-hybridized carbons (Fsp3) is 0.889. The average molecular weight is 672 g/mol. The summed E-state index contributed by atoms with van der Waals surface area (Å²) in [6.45, 7) is 1.99. The van der Waals surface area contributed by atoms with Crippen LogP contribution in [0.2, 0.25) is 0 Å². The van der Waals surface area contributed by atoms with Gasteiger partial charge >= 0.3 is 0 Å². The maximum absolute atomic E-state index is 12.6. The molecule has 0 aromatic rings. The van der Waals surface area contributed by atoms with Crippen molar-refractivity contribution >= 4 is 57.8 Å². The minimum absolute atomic E-state index is 0.000146. The molecule has 2 saturated heterocycles. The van der Waals surface area contributed by atoms with Gasteiger partial charge in [0.15, 0.2) is 6.29 Å². The van der Waals surface area contributed by atoms with E-state index >= 15 is 0 Å². The number of halogens is 2. The van der Waals surface area contributed by atoms with Crippen molar-refractivity contribution in [1.82, 2.24) is 10.2 Å². The van der Waals surface area contributed by atoms with Gasteiger partial charge in [0.05, 0.1) is 25.4 Å². The van der Waals surface area contributed by atoms with Crippen LogP contribution in [0.1, 0.15) is 32.6 Å². The van der Waals surface area contributed by atoms with E-state index in [0.717, 1.165) is 6.42 Å². The second-order valence-corrected chi connectivity index (χ2v) is 8.81. The van der Waals surface area contributed by atoms with Gasteiger partial charge in [-0.2, -0.15) is 0 Å². The summed E-state index contributed by atoms with van der Waals surface area (Å²) in [6, 6.07) is -0.974. The van der Waals surface area contributed by atoms with Gasteiger partial charge in [0.25, 0.3) is 0 Å². The van der Waals surface area contributed by atoms with Gasteiger partial charge in [-0.05, 0) is 19.3 Å². The van der Waals surface area contributed by atoms with Gasteiger partial charge in [-0.3, -0.25) is 9.59 Å². The maximum Gasteiger partial charge on any atom is 0.222 e. The number of aliphatic hydroxyl groups excluding tert-OH is 3. The lowest BCUT2D eigenvalue weighted by molar-refractivity contribution is -0.270. The Kier molecular flexibility index (Phi) is 12.1. The highest BCUT2D eigenvalue weighted by atomic mass is 127. The Hall–Kier alpha value is 0.120. The van der Waals surface area contributed by atoms with E-state index in [0.29, 0.717) is 32.4 Å². The van der Waals surface area contributed by atoms with Crippen LogP contribution in [0.4, 0.5) is 0 Å². The van der Waals surface area contributed by atoms with Crippen molar-refractivity contribution in [2.45, 2.75) is 75.4 Å². The Morgan fingerprint density at radius 2 is 1.97 bits per heavy atom. The van der Waals surface area contributed by atoms with Crippen LogP contribution in [0.3, 0.4) is 0 Å². The largest absolute Gasteiger partial charge is 0.394 e. The van der Waals surface area contributed by atoms with Crippen LogP contribution in [0, 0.1) is 0 Å². The second kappa shape index (κ2) is 13.7. The number of likely N-dealkylation sites (tertiary alicyclic amines) is 1. The lowest BCUT2D eigenvalue weighted by atomic mass is 9.97. The predicted octanol–water partition coefficient (Wildman–Crippen LogP) is -0.180. The zero-order valence-corrected chi connectivity index (χ0v) is 21.5. The van der Waals surface area contributed by atoms with Crippen LogP contribution >= 0.6 is 46.0 Å². The van der Waals surface area contributed by atoms with E-state index in [9.17, 15) is 24.9 Å². The second-order valence-electron chi connectivity index (χ2n) is 7.68. The first-order valence-electron chi connectivity index (χ1n) is 10.1. The van der Waals surface area contributed by atoms with E-state index in [1.165, 1.54) is 6.92 Å². The third-order valence-electron chi connectivity index (χ3n) is 5.40. The lowest BCUT2D eigenvalue weighted by Crippen LogP contribution is -2.64. The van der Waals surface area contributed by atoms with Crippen molar-refractivity contribution in [3.8, 4) is 0 Å². The molecular formula is C18H30I2N2O9. The Morgan fingerprint density at radius 3 is 2.58 bits per heavy atom. The summed E-state index contributed by atoms with van der Waals surface area (Å²) in [4.78, 5) is 25.8. The molecule has 31 heavy (non-hydrogen) atoms. The third kappa shape index (κ3) is 7.84. The number of unbranched alkanes of at least 4 members (excludes halogenated alkanes) is 1. The number of nitrogens with one attached hydrogen (secondary N) is 1. The molecule has 2 amide bonds. The summed E-state index contributed by atoms with van der Waals surface area (Å²) in [5.41, 5.74) is 0. The fourth-order valence-electron chi connectivity index (χ4n) is 3.81. The van der Waals surface area contributed by atoms with Gasteiger partial charge in [-0.1, -0.05) is 0 Å². The summed E-state index contributed by atoms with van der Waals surface area (Å²) >= 11 is 3.67. The molecule has 7 atom stereocenters. The monoisotopic (exact) mass is 672 g/mol. The summed E-state index contributed by atoms with van der Waals surface area (Å²) in [6.07, 6.45) is -2.53. The number of carbonyl (C=O) groups is 2. The van der Waals surface area contributed by atoms with E-state index in [-0.39, 0.29) is 24.7 Å². The van der Waals surface area contributed by atoms with E-state index in [4.69, 9.17) is 15.6 Å². The first-order valence-corrected chi connectivity index (χ1v) is 11.9. The molecule has 2 unspecified atom stereocenters. The smallest absolute Gasteiger partial charge is 0.222 e. The first-order chi connectivity index (χ1) is 14.8. The highest BCUT2D eigenvalue weighted by Crippen LogP contribution is 2.25. The molecule has 0 radical (unpaired) electrons. The molecular weight excluding hydrogens is 642 g/mol. The predicted molar refractivity (Wildman–Crippen MR) is 124 cm³/mol. The van der Waals surface area contributed by atoms with Crippen molar-refractivity contribution in [2.24, 2.45) is 0 Å². The molecule has 4 N–H and O–H groups in total. The summed E-state index contributed by atoms with van der Waals surface area (Å²) in [5.74, 6) is -0.385. The van der Waals surface area contributed by atoms with Crippen molar-refractivity contribution in [3.63, 3.8) is 0 Å². The zero-order chi connectivity index (χ0) is 23.0. The molecule has 0 aliphatic carbocycles. The van der Waals surface area contributed by atoms with Gasteiger partial charge in [0, 0.05) is 26.5 Å². The SMILES string of the molecule is CC(=O)N[C@H]1[C@H](OCCCCC(=O)N2CC(OI)CC2COI)O[C@H](CO)[C@H](O)[C@@H]1O. The van der Waals surface area contributed by atoms with Crippen LogP contribution < -0.4 is 5.32 Å². The fourth-order valence-corrected chi connectivity index (χ4v) is 4.59. The van der Waals surface area contributed by atoms with Gasteiger partial charge in [0.1, 0.15) is 70.4 Å². The number of aliphatic hydroxyl groups is 3. The first kappa shape index (κ1) is 27.4. The Balaban J connectivity index is 1.79. The summed E-state index contributed by atoms with van der Waals surface area (Å²) in [5, 5.41) is 32.1. The molecule has 0 aromatic carbocycles. The number of rotatable bonds is 11. The Bertz CT molecular complexity index is 588. The molecule has 180 valence electrons. The highest BCUT2D eigenvalue weighted by molar-refractivity contribution is 14.1. The Labute approximate surface area is 209 Å². The number of hydrogen-bond acceptors (Lipinski definition) is 9. The molecule has 0 bridgehead atoms. The number of ether oxygens (including phenoxy) is 2. The van der Waals surface area contributed by atoms with Crippen LogP contribution in [-0.4, -0.2) is 101 Å². The minimum Gasteiger partial charge on any atom is -0.394 e. The van der Waals surface area contributed by atoms with Crippen molar-refractivity contribution in [3.05, 3.63) is 0 Å². The van der Waals surface area contributed by atoms with E-state index in [2.05, 4.69) is 5.32 Å². The molecule has 13 heteroatoms. The maximum atomic E-state index is 12.6. The highest BCUT2D eigenvalue weighted by Gasteiger charge is 2.45. The normalized spacial score (nSPS) is 33.5. The van der Waals surface area contributed by atoms with Gasteiger partial charge in [-0.25, -0.2) is 0 Å². The number of nitrogens with zero attached hydrogens (tertiary/aromatic N) is 1.